The van der Waals surface area contributed by atoms with Gasteiger partial charge in [-0.25, -0.2) is 0 Å². The Morgan fingerprint density at radius 3 is 2.62 bits per heavy atom. The van der Waals surface area contributed by atoms with E-state index in [0.29, 0.717) is 5.41 Å². The molecule has 0 bridgehead atoms. The molecule has 2 fully saturated rings. The van der Waals surface area contributed by atoms with E-state index in [-0.39, 0.29) is 24.4 Å². The first-order valence-corrected chi connectivity index (χ1v) is 6.21. The predicted molar refractivity (Wildman–Crippen MR) is 67.9 cm³/mol. The molecule has 3 nitrogen and oxygen atoms in total. The molecule has 1 aliphatic heterocycles. The topological polar surface area (TPSA) is 41.1 Å². The van der Waals surface area contributed by atoms with Gasteiger partial charge in [0.1, 0.15) is 0 Å². The van der Waals surface area contributed by atoms with Crippen LogP contribution >= 0.6 is 12.4 Å². The zero-order chi connectivity index (χ0) is 10.7. The zero-order valence-electron chi connectivity index (χ0n) is 10.1. The van der Waals surface area contributed by atoms with Crippen molar-refractivity contribution >= 4 is 18.3 Å². The molecule has 2 N–H and O–H groups in total. The van der Waals surface area contributed by atoms with E-state index in [4.69, 9.17) is 0 Å². The Morgan fingerprint density at radius 2 is 2.12 bits per heavy atom. The molecule has 1 saturated heterocycles. The van der Waals surface area contributed by atoms with Crippen LogP contribution in [0.4, 0.5) is 0 Å². The number of halogens is 1. The lowest BCUT2D eigenvalue weighted by Gasteiger charge is -2.38. The molecule has 0 unspecified atom stereocenters. The fourth-order valence-corrected chi connectivity index (χ4v) is 2.46. The molecule has 2 aliphatic rings. The summed E-state index contributed by atoms with van der Waals surface area (Å²) in [6.07, 6.45) is 7.26. The summed E-state index contributed by atoms with van der Waals surface area (Å²) in [6.45, 7) is 4.13. The highest BCUT2D eigenvalue weighted by Crippen LogP contribution is 2.39. The van der Waals surface area contributed by atoms with E-state index in [1.165, 1.54) is 32.1 Å². The zero-order valence-corrected chi connectivity index (χ0v) is 10.9. The molecule has 4 heteroatoms. The molecule has 1 heterocycles. The van der Waals surface area contributed by atoms with Crippen LogP contribution in [0.25, 0.3) is 0 Å². The van der Waals surface area contributed by atoms with Crippen LogP contribution in [0.15, 0.2) is 0 Å². The monoisotopic (exact) mass is 246 g/mol. The molecular weight excluding hydrogens is 224 g/mol. The van der Waals surface area contributed by atoms with Gasteiger partial charge >= 0.3 is 0 Å². The summed E-state index contributed by atoms with van der Waals surface area (Å²) in [7, 11) is 0. The van der Waals surface area contributed by atoms with Gasteiger partial charge in [0.25, 0.3) is 0 Å². The van der Waals surface area contributed by atoms with Gasteiger partial charge in [0.2, 0.25) is 5.91 Å². The van der Waals surface area contributed by atoms with Crippen molar-refractivity contribution in [2.24, 2.45) is 5.41 Å². The third kappa shape index (κ3) is 3.36. The first-order valence-electron chi connectivity index (χ1n) is 6.21. The van der Waals surface area contributed by atoms with Crippen molar-refractivity contribution in [2.45, 2.75) is 51.5 Å². The molecule has 1 atom stereocenters. The normalized spacial score (nSPS) is 27.4. The summed E-state index contributed by atoms with van der Waals surface area (Å²) in [5.41, 5.74) is 0.393. The molecule has 0 aromatic rings. The largest absolute Gasteiger partial charge is 0.354 e. The Morgan fingerprint density at radius 1 is 1.38 bits per heavy atom. The Hall–Kier alpha value is -0.280. The number of hydrogen-bond donors (Lipinski definition) is 2. The molecular formula is C12H23ClN2O. The Bertz CT molecular complexity index is 235. The average Bonchev–Trinajstić information content (AvgIpc) is 2.24. The van der Waals surface area contributed by atoms with Crippen LogP contribution in [0.5, 0.6) is 0 Å². The van der Waals surface area contributed by atoms with Crippen molar-refractivity contribution in [2.75, 3.05) is 13.1 Å². The lowest BCUT2D eigenvalue weighted by molar-refractivity contribution is -0.124. The third-order valence-electron chi connectivity index (χ3n) is 3.88. The number of carbonyl (C=O) groups excluding carboxylic acids is 1. The van der Waals surface area contributed by atoms with Gasteiger partial charge in [0.05, 0.1) is 6.04 Å². The lowest BCUT2D eigenvalue weighted by atomic mass is 9.70. The molecule has 2 rings (SSSR count). The average molecular weight is 247 g/mol. The van der Waals surface area contributed by atoms with Gasteiger partial charge in [-0.05, 0) is 37.6 Å². The highest BCUT2D eigenvalue weighted by Gasteiger charge is 2.32. The van der Waals surface area contributed by atoms with Gasteiger partial charge in [0, 0.05) is 6.54 Å². The van der Waals surface area contributed by atoms with Crippen molar-refractivity contribution in [3.05, 3.63) is 0 Å². The maximum absolute atomic E-state index is 11.8. The first-order chi connectivity index (χ1) is 7.20. The summed E-state index contributed by atoms with van der Waals surface area (Å²) < 4.78 is 0. The molecule has 1 saturated carbocycles. The number of amides is 1. The SMILES string of the molecule is CC1(CNC(=O)[C@@H]2CCCCN2)CCC1.Cl. The van der Waals surface area contributed by atoms with E-state index in [2.05, 4.69) is 17.6 Å². The van der Waals surface area contributed by atoms with Crippen LogP contribution in [-0.4, -0.2) is 25.0 Å². The van der Waals surface area contributed by atoms with Crippen molar-refractivity contribution in [1.29, 1.82) is 0 Å². The third-order valence-corrected chi connectivity index (χ3v) is 3.88. The molecule has 0 aromatic carbocycles. The summed E-state index contributed by atoms with van der Waals surface area (Å²) in [5.74, 6) is 0.211. The molecule has 94 valence electrons. The van der Waals surface area contributed by atoms with E-state index < -0.39 is 0 Å². The van der Waals surface area contributed by atoms with Crippen molar-refractivity contribution in [1.82, 2.24) is 10.6 Å². The van der Waals surface area contributed by atoms with E-state index in [9.17, 15) is 4.79 Å². The molecule has 0 spiro atoms. The van der Waals surface area contributed by atoms with E-state index in [0.717, 1.165) is 19.5 Å². The summed E-state index contributed by atoms with van der Waals surface area (Å²) in [5, 5.41) is 6.37. The number of rotatable bonds is 3. The Labute approximate surface area is 104 Å². The van der Waals surface area contributed by atoms with Crippen LogP contribution < -0.4 is 10.6 Å². The minimum Gasteiger partial charge on any atom is -0.354 e. The minimum absolute atomic E-state index is 0. The fourth-order valence-electron chi connectivity index (χ4n) is 2.46. The van der Waals surface area contributed by atoms with Crippen LogP contribution in [0.2, 0.25) is 0 Å². The second kappa shape index (κ2) is 5.87. The van der Waals surface area contributed by atoms with Crippen LogP contribution in [-0.2, 0) is 4.79 Å². The number of piperidine rings is 1. The maximum atomic E-state index is 11.8. The van der Waals surface area contributed by atoms with Gasteiger partial charge in [0.15, 0.2) is 0 Å². The van der Waals surface area contributed by atoms with E-state index in [1.54, 1.807) is 0 Å². The van der Waals surface area contributed by atoms with Crippen LogP contribution in [0, 0.1) is 5.41 Å². The molecule has 0 radical (unpaired) electrons. The lowest BCUT2D eigenvalue weighted by Crippen LogP contribution is -2.49. The molecule has 1 amide bonds. The maximum Gasteiger partial charge on any atom is 0.237 e. The summed E-state index contributed by atoms with van der Waals surface area (Å²) in [6, 6.07) is 0.0717. The van der Waals surface area contributed by atoms with Crippen molar-refractivity contribution < 1.29 is 4.79 Å². The van der Waals surface area contributed by atoms with Gasteiger partial charge in [-0.2, -0.15) is 0 Å². The number of carbonyl (C=O) groups is 1. The second-order valence-electron chi connectivity index (χ2n) is 5.38. The van der Waals surface area contributed by atoms with Crippen molar-refractivity contribution in [3.63, 3.8) is 0 Å². The van der Waals surface area contributed by atoms with Gasteiger partial charge in [-0.1, -0.05) is 19.8 Å². The van der Waals surface area contributed by atoms with Gasteiger partial charge in [-0.15, -0.1) is 12.4 Å². The van der Waals surface area contributed by atoms with Crippen LogP contribution in [0.1, 0.15) is 45.4 Å². The highest BCUT2D eigenvalue weighted by atomic mass is 35.5. The highest BCUT2D eigenvalue weighted by molar-refractivity contribution is 5.85. The fraction of sp³-hybridized carbons (Fsp3) is 0.917. The molecule has 1 aliphatic carbocycles. The van der Waals surface area contributed by atoms with Gasteiger partial charge in [-0.3, -0.25) is 4.79 Å². The molecule has 0 aromatic heterocycles. The second-order valence-corrected chi connectivity index (χ2v) is 5.38. The Kier molecular flexibility index (Phi) is 5.06. The van der Waals surface area contributed by atoms with E-state index >= 15 is 0 Å². The smallest absolute Gasteiger partial charge is 0.237 e. The summed E-state index contributed by atoms with van der Waals surface area (Å²) in [4.78, 5) is 11.8. The van der Waals surface area contributed by atoms with Crippen molar-refractivity contribution in [3.8, 4) is 0 Å². The predicted octanol–water partition coefficient (Wildman–Crippen LogP) is 1.86. The van der Waals surface area contributed by atoms with E-state index in [1.807, 2.05) is 0 Å². The quantitative estimate of drug-likeness (QED) is 0.798. The first kappa shape index (κ1) is 13.8. The number of hydrogen-bond acceptors (Lipinski definition) is 2. The minimum atomic E-state index is 0. The number of nitrogens with one attached hydrogen (secondary N) is 2. The Balaban J connectivity index is 0.00000128. The van der Waals surface area contributed by atoms with Gasteiger partial charge < -0.3 is 10.6 Å². The van der Waals surface area contributed by atoms with Crippen LogP contribution in [0.3, 0.4) is 0 Å². The standard InChI is InChI=1S/C12H22N2O.ClH/c1-12(6-4-7-12)9-14-11(15)10-5-2-3-8-13-10;/h10,13H,2-9H2,1H3,(H,14,15);1H/t10-;/m0./s1. The summed E-state index contributed by atoms with van der Waals surface area (Å²) >= 11 is 0. The molecule has 16 heavy (non-hydrogen) atoms.